The van der Waals surface area contributed by atoms with Crippen LogP contribution in [0.1, 0.15) is 22.3 Å². The fourth-order valence-corrected chi connectivity index (χ4v) is 4.24. The molecule has 0 heterocycles. The molecule has 0 aliphatic carbocycles. The van der Waals surface area contributed by atoms with Gasteiger partial charge in [0.2, 0.25) is 0 Å². The molecule has 0 nitrogen and oxygen atoms in total. The Morgan fingerprint density at radius 2 is 1.06 bits per heavy atom. The largest absolute Gasteiger partial charge is 0.0882 e. The maximum absolute atomic E-state index is 2.36. The maximum Gasteiger partial charge on any atom is 0.0882 e. The third-order valence-electron chi connectivity index (χ3n) is 3.39. The van der Waals surface area contributed by atoms with Gasteiger partial charge in [-0.1, -0.05) is 69.0 Å². The molecule has 0 spiro atoms. The fourth-order valence-electron chi connectivity index (χ4n) is 2.19. The third kappa shape index (κ3) is 2.86. The summed E-state index contributed by atoms with van der Waals surface area (Å²) in [5, 5.41) is 3.16. The number of aryl methyl sites for hydroxylation is 4. The Morgan fingerprint density at radius 1 is 0.647 bits per heavy atom. The van der Waals surface area contributed by atoms with Crippen LogP contribution in [-0.2, 0) is 0 Å². The molecule has 0 atom stereocenters. The highest BCUT2D eigenvalue weighted by Crippen LogP contribution is 2.02. The minimum Gasteiger partial charge on any atom is -0.0601 e. The summed E-state index contributed by atoms with van der Waals surface area (Å²) in [4.78, 5) is 0. The van der Waals surface area contributed by atoms with E-state index in [0.29, 0.717) is 0 Å². The lowest BCUT2D eigenvalue weighted by atomic mass is 10.2. The van der Waals surface area contributed by atoms with Crippen LogP contribution >= 0.6 is 0 Å². The van der Waals surface area contributed by atoms with Gasteiger partial charge in [-0.25, -0.2) is 0 Å². The second-order valence-corrected chi connectivity index (χ2v) is 6.91. The van der Waals surface area contributed by atoms with Gasteiger partial charge in [-0.15, -0.1) is 0 Å². The summed E-state index contributed by atoms with van der Waals surface area (Å²) < 4.78 is 0. The van der Waals surface area contributed by atoms with Gasteiger partial charge >= 0.3 is 0 Å². The van der Waals surface area contributed by atoms with Crippen molar-refractivity contribution in [1.82, 2.24) is 0 Å². The van der Waals surface area contributed by atoms with Crippen LogP contribution in [0.3, 0.4) is 0 Å². The lowest BCUT2D eigenvalue weighted by Gasteiger charge is -2.10. The van der Waals surface area contributed by atoms with Crippen molar-refractivity contribution in [2.45, 2.75) is 27.7 Å². The van der Waals surface area contributed by atoms with Crippen molar-refractivity contribution in [3.05, 3.63) is 58.7 Å². The van der Waals surface area contributed by atoms with E-state index in [1.54, 1.807) is 10.4 Å². The molecule has 0 aliphatic rings. The second kappa shape index (κ2) is 4.88. The maximum atomic E-state index is 2.36. The Hall–Kier alpha value is -1.34. The van der Waals surface area contributed by atoms with E-state index < -0.39 is 0 Å². The number of benzene rings is 2. The standard InChI is InChI=1S/C16H20Si/c1-11-5-7-13(3)15(9-11)17-16-10-12(2)6-8-14(16)4/h5-10H,17H2,1-4H3. The molecule has 0 N–H and O–H groups in total. The van der Waals surface area contributed by atoms with Gasteiger partial charge in [0.05, 0.1) is 9.52 Å². The van der Waals surface area contributed by atoms with Crippen LogP contribution in [0.15, 0.2) is 36.4 Å². The fraction of sp³-hybridized carbons (Fsp3) is 0.250. The highest BCUT2D eigenvalue weighted by molar-refractivity contribution is 6.68. The first kappa shape index (κ1) is 12.1. The Labute approximate surface area is 107 Å². The van der Waals surface area contributed by atoms with Crippen LogP contribution in [0, 0.1) is 27.7 Å². The molecule has 0 fully saturated rings. The molecule has 2 aromatic carbocycles. The summed E-state index contributed by atoms with van der Waals surface area (Å²) >= 11 is 0. The number of rotatable bonds is 2. The molecule has 17 heavy (non-hydrogen) atoms. The lowest BCUT2D eigenvalue weighted by molar-refractivity contribution is 1.42. The minimum absolute atomic E-state index is 0.335. The highest BCUT2D eigenvalue weighted by atomic mass is 28.2. The van der Waals surface area contributed by atoms with E-state index in [2.05, 4.69) is 64.1 Å². The molecule has 0 bridgehead atoms. The molecule has 0 radical (unpaired) electrons. The van der Waals surface area contributed by atoms with Crippen molar-refractivity contribution in [3.63, 3.8) is 0 Å². The minimum atomic E-state index is -0.335. The zero-order valence-electron chi connectivity index (χ0n) is 11.2. The van der Waals surface area contributed by atoms with Gasteiger partial charge in [0.1, 0.15) is 0 Å². The average molecular weight is 240 g/mol. The first-order valence-electron chi connectivity index (χ1n) is 6.18. The van der Waals surface area contributed by atoms with Crippen molar-refractivity contribution in [1.29, 1.82) is 0 Å². The normalized spacial score (nSPS) is 10.6. The van der Waals surface area contributed by atoms with Crippen molar-refractivity contribution in [3.8, 4) is 0 Å². The smallest absolute Gasteiger partial charge is 0.0601 e. The third-order valence-corrected chi connectivity index (χ3v) is 5.68. The quantitative estimate of drug-likeness (QED) is 0.705. The molecule has 88 valence electrons. The molecule has 0 saturated carbocycles. The van der Waals surface area contributed by atoms with E-state index in [4.69, 9.17) is 0 Å². The van der Waals surface area contributed by atoms with E-state index >= 15 is 0 Å². The summed E-state index contributed by atoms with van der Waals surface area (Å²) in [6.45, 7) is 8.82. The van der Waals surface area contributed by atoms with E-state index in [1.807, 2.05) is 0 Å². The van der Waals surface area contributed by atoms with Gasteiger partial charge in [-0.3, -0.25) is 0 Å². The van der Waals surface area contributed by atoms with Gasteiger partial charge in [0.15, 0.2) is 0 Å². The van der Waals surface area contributed by atoms with Crippen LogP contribution in [-0.4, -0.2) is 9.52 Å². The summed E-state index contributed by atoms with van der Waals surface area (Å²) in [7, 11) is -0.335. The number of hydrogen-bond donors (Lipinski definition) is 0. The molecule has 0 saturated heterocycles. The van der Waals surface area contributed by atoms with Gasteiger partial charge < -0.3 is 0 Å². The monoisotopic (exact) mass is 240 g/mol. The van der Waals surface area contributed by atoms with E-state index in [-0.39, 0.29) is 9.52 Å². The van der Waals surface area contributed by atoms with E-state index in [9.17, 15) is 0 Å². The Balaban J connectivity index is 2.37. The molecule has 0 amide bonds. The molecule has 1 heteroatoms. The summed E-state index contributed by atoms with van der Waals surface area (Å²) in [6, 6.07) is 13.6. The molecule has 2 rings (SSSR count). The predicted molar refractivity (Wildman–Crippen MR) is 79.6 cm³/mol. The molecule has 2 aromatic rings. The summed E-state index contributed by atoms with van der Waals surface area (Å²) in [5.74, 6) is 0. The Kier molecular flexibility index (Phi) is 3.48. The topological polar surface area (TPSA) is 0 Å². The van der Waals surface area contributed by atoms with Crippen LogP contribution in [0.2, 0.25) is 0 Å². The summed E-state index contributed by atoms with van der Waals surface area (Å²) in [6.07, 6.45) is 0. The first-order chi connectivity index (χ1) is 8.06. The van der Waals surface area contributed by atoms with Crippen LogP contribution < -0.4 is 10.4 Å². The number of hydrogen-bond acceptors (Lipinski definition) is 0. The van der Waals surface area contributed by atoms with Gasteiger partial charge in [0.25, 0.3) is 0 Å². The van der Waals surface area contributed by atoms with Crippen molar-refractivity contribution in [2.24, 2.45) is 0 Å². The molecular formula is C16H20Si. The zero-order valence-corrected chi connectivity index (χ0v) is 12.6. The van der Waals surface area contributed by atoms with Crippen molar-refractivity contribution < 1.29 is 0 Å². The molecule has 0 aliphatic heterocycles. The summed E-state index contributed by atoms with van der Waals surface area (Å²) in [5.41, 5.74) is 5.65. The van der Waals surface area contributed by atoms with E-state index in [0.717, 1.165) is 0 Å². The van der Waals surface area contributed by atoms with Gasteiger partial charge in [-0.2, -0.15) is 0 Å². The van der Waals surface area contributed by atoms with Gasteiger partial charge in [0, 0.05) is 0 Å². The van der Waals surface area contributed by atoms with Crippen LogP contribution in [0.4, 0.5) is 0 Å². The highest BCUT2D eigenvalue weighted by Gasteiger charge is 2.04. The van der Waals surface area contributed by atoms with Gasteiger partial charge in [-0.05, 0) is 27.7 Å². The Morgan fingerprint density at radius 3 is 1.47 bits per heavy atom. The van der Waals surface area contributed by atoms with Crippen molar-refractivity contribution >= 4 is 19.9 Å². The molecule has 0 aromatic heterocycles. The van der Waals surface area contributed by atoms with Crippen LogP contribution in [0.25, 0.3) is 0 Å². The van der Waals surface area contributed by atoms with E-state index in [1.165, 1.54) is 22.3 Å². The van der Waals surface area contributed by atoms with Crippen LogP contribution in [0.5, 0.6) is 0 Å². The van der Waals surface area contributed by atoms with Crippen molar-refractivity contribution in [2.75, 3.05) is 0 Å². The lowest BCUT2D eigenvalue weighted by Crippen LogP contribution is -2.31. The molecule has 0 unspecified atom stereocenters. The zero-order chi connectivity index (χ0) is 12.4. The first-order valence-corrected chi connectivity index (χ1v) is 7.60. The SMILES string of the molecule is Cc1ccc(C)c([SiH2]c2cc(C)ccc2C)c1. The second-order valence-electron chi connectivity index (χ2n) is 5.04. The molecular weight excluding hydrogens is 220 g/mol. The predicted octanol–water partition coefficient (Wildman–Crippen LogP) is 2.04. The average Bonchev–Trinajstić information content (AvgIpc) is 2.28. The Bertz CT molecular complexity index is 492.